The molecule has 3 rings (SSSR count). The van der Waals surface area contributed by atoms with Crippen LogP contribution >= 0.6 is 0 Å². The van der Waals surface area contributed by atoms with Gasteiger partial charge < -0.3 is 19.3 Å². The van der Waals surface area contributed by atoms with Crippen LogP contribution in [-0.4, -0.2) is 34.6 Å². The van der Waals surface area contributed by atoms with Gasteiger partial charge in [-0.05, 0) is 51.1 Å². The monoisotopic (exact) mass is 384 g/mol. The number of ether oxygens (including phenoxy) is 3. The Morgan fingerprint density at radius 1 is 1.25 bits per heavy atom. The first-order valence-electron chi connectivity index (χ1n) is 9.17. The smallest absolute Gasteiger partial charge is 0.244 e. The molecule has 148 valence electrons. The molecule has 2 aromatic rings. The highest BCUT2D eigenvalue weighted by molar-refractivity contribution is 5.98. The van der Waals surface area contributed by atoms with Gasteiger partial charge in [0.1, 0.15) is 5.75 Å². The van der Waals surface area contributed by atoms with Crippen molar-refractivity contribution in [1.82, 2.24) is 5.01 Å². The standard InChI is InChI=1S/C21H24N2O5/c1-5-26-19-11-10-15(12-17(19)25)21-23(14(4)24)22-20(28-21)16-8-6-7-9-18(16)27-13(2)3/h6-13,21,25H,5H2,1-4H3/t21-/m0/s1. The molecule has 1 aliphatic rings. The maximum absolute atomic E-state index is 12.1. The lowest BCUT2D eigenvalue weighted by atomic mass is 10.1. The van der Waals surface area contributed by atoms with E-state index in [9.17, 15) is 9.90 Å². The summed E-state index contributed by atoms with van der Waals surface area (Å²) in [6, 6.07) is 12.3. The van der Waals surface area contributed by atoms with E-state index in [1.165, 1.54) is 18.0 Å². The largest absolute Gasteiger partial charge is 0.504 e. The second-order valence-electron chi connectivity index (χ2n) is 6.56. The van der Waals surface area contributed by atoms with Crippen molar-refractivity contribution in [2.24, 2.45) is 5.10 Å². The average molecular weight is 384 g/mol. The zero-order valence-electron chi connectivity index (χ0n) is 16.4. The van der Waals surface area contributed by atoms with Crippen LogP contribution in [0, 0.1) is 0 Å². The quantitative estimate of drug-likeness (QED) is 0.819. The van der Waals surface area contributed by atoms with E-state index in [4.69, 9.17) is 14.2 Å². The van der Waals surface area contributed by atoms with E-state index in [1.807, 2.05) is 45.0 Å². The summed E-state index contributed by atoms with van der Waals surface area (Å²) in [5, 5.41) is 15.8. The minimum absolute atomic E-state index is 0.0223. The molecule has 0 aromatic heterocycles. The maximum Gasteiger partial charge on any atom is 0.244 e. The topological polar surface area (TPSA) is 80.6 Å². The molecule has 1 aliphatic heterocycles. The van der Waals surface area contributed by atoms with Gasteiger partial charge in [-0.2, -0.15) is 5.01 Å². The van der Waals surface area contributed by atoms with Crippen LogP contribution in [0.3, 0.4) is 0 Å². The molecule has 0 bridgehead atoms. The number of rotatable bonds is 6. The number of amides is 1. The van der Waals surface area contributed by atoms with Crippen LogP contribution < -0.4 is 9.47 Å². The third kappa shape index (κ3) is 4.03. The van der Waals surface area contributed by atoms with Crippen molar-refractivity contribution in [2.75, 3.05) is 6.61 Å². The first-order chi connectivity index (χ1) is 13.4. The van der Waals surface area contributed by atoms with Gasteiger partial charge in [-0.1, -0.05) is 12.1 Å². The number of hydrogen-bond acceptors (Lipinski definition) is 6. The second-order valence-corrected chi connectivity index (χ2v) is 6.56. The van der Waals surface area contributed by atoms with Crippen molar-refractivity contribution in [3.05, 3.63) is 53.6 Å². The first-order valence-corrected chi connectivity index (χ1v) is 9.17. The molecule has 0 fully saturated rings. The Hall–Kier alpha value is -3.22. The second kappa shape index (κ2) is 8.21. The fourth-order valence-corrected chi connectivity index (χ4v) is 2.86. The van der Waals surface area contributed by atoms with Crippen LogP contribution in [0.15, 0.2) is 47.6 Å². The third-order valence-corrected chi connectivity index (χ3v) is 4.01. The molecule has 1 atom stereocenters. The van der Waals surface area contributed by atoms with Crippen LogP contribution in [0.4, 0.5) is 0 Å². The summed E-state index contributed by atoms with van der Waals surface area (Å²) in [7, 11) is 0. The molecule has 0 radical (unpaired) electrons. The van der Waals surface area contributed by atoms with Crippen LogP contribution in [0.2, 0.25) is 0 Å². The van der Waals surface area contributed by atoms with Crippen LogP contribution in [0.5, 0.6) is 17.2 Å². The number of benzene rings is 2. The number of hydrogen-bond donors (Lipinski definition) is 1. The molecule has 0 saturated carbocycles. The number of aromatic hydroxyl groups is 1. The lowest BCUT2D eigenvalue weighted by molar-refractivity contribution is -0.135. The van der Waals surface area contributed by atoms with E-state index in [0.717, 1.165) is 0 Å². The zero-order valence-corrected chi connectivity index (χ0v) is 16.4. The van der Waals surface area contributed by atoms with E-state index in [2.05, 4.69) is 5.10 Å². The average Bonchev–Trinajstić information content (AvgIpc) is 3.09. The van der Waals surface area contributed by atoms with Gasteiger partial charge in [0.15, 0.2) is 11.5 Å². The molecule has 1 heterocycles. The highest BCUT2D eigenvalue weighted by atomic mass is 16.5. The lowest BCUT2D eigenvalue weighted by Crippen LogP contribution is -2.25. The number of hydrazone groups is 1. The molecule has 0 unspecified atom stereocenters. The fourth-order valence-electron chi connectivity index (χ4n) is 2.86. The maximum atomic E-state index is 12.1. The molecule has 0 saturated heterocycles. The van der Waals surface area contributed by atoms with Gasteiger partial charge >= 0.3 is 0 Å². The third-order valence-electron chi connectivity index (χ3n) is 4.01. The van der Waals surface area contributed by atoms with Crippen molar-refractivity contribution >= 4 is 11.8 Å². The summed E-state index contributed by atoms with van der Waals surface area (Å²) in [5.74, 6) is 0.967. The summed E-state index contributed by atoms with van der Waals surface area (Å²) in [6.45, 7) is 7.55. The lowest BCUT2D eigenvalue weighted by Gasteiger charge is -2.20. The molecule has 7 nitrogen and oxygen atoms in total. The van der Waals surface area contributed by atoms with E-state index in [0.29, 0.717) is 29.2 Å². The van der Waals surface area contributed by atoms with Gasteiger partial charge in [0.2, 0.25) is 18.0 Å². The van der Waals surface area contributed by atoms with E-state index in [1.54, 1.807) is 12.1 Å². The summed E-state index contributed by atoms with van der Waals surface area (Å²) >= 11 is 0. The Balaban J connectivity index is 1.94. The van der Waals surface area contributed by atoms with Crippen molar-refractivity contribution in [3.63, 3.8) is 0 Å². The summed E-state index contributed by atoms with van der Waals surface area (Å²) in [6.07, 6.45) is -0.813. The van der Waals surface area contributed by atoms with Gasteiger partial charge in [0.05, 0.1) is 18.3 Å². The molecule has 2 aromatic carbocycles. The zero-order chi connectivity index (χ0) is 20.3. The molecular weight excluding hydrogens is 360 g/mol. The molecule has 28 heavy (non-hydrogen) atoms. The van der Waals surface area contributed by atoms with Gasteiger partial charge in [0, 0.05) is 12.5 Å². The minimum Gasteiger partial charge on any atom is -0.504 e. The SMILES string of the molecule is CCOc1ccc([C@@H]2OC(c3ccccc3OC(C)C)=NN2C(C)=O)cc1O. The Kier molecular flexibility index (Phi) is 5.73. The fraction of sp³-hybridized carbons (Fsp3) is 0.333. The van der Waals surface area contributed by atoms with Crippen molar-refractivity contribution in [2.45, 2.75) is 40.0 Å². The predicted octanol–water partition coefficient (Wildman–Crippen LogP) is 3.82. The van der Waals surface area contributed by atoms with Gasteiger partial charge in [-0.3, -0.25) is 4.79 Å². The Labute approximate surface area is 164 Å². The number of phenols is 1. The number of para-hydroxylation sites is 1. The minimum atomic E-state index is -0.791. The van der Waals surface area contributed by atoms with Gasteiger partial charge in [0.25, 0.3) is 0 Å². The first kappa shape index (κ1) is 19.5. The predicted molar refractivity (Wildman–Crippen MR) is 104 cm³/mol. The number of carbonyl (C=O) groups is 1. The van der Waals surface area contributed by atoms with E-state index < -0.39 is 6.23 Å². The van der Waals surface area contributed by atoms with Gasteiger partial charge in [-0.15, -0.1) is 5.10 Å². The number of carbonyl (C=O) groups excluding carboxylic acids is 1. The number of phenolic OH excluding ortho intramolecular Hbond substituents is 1. The molecular formula is C21H24N2O5. The van der Waals surface area contributed by atoms with Crippen molar-refractivity contribution < 1.29 is 24.1 Å². The molecule has 1 N–H and O–H groups in total. The van der Waals surface area contributed by atoms with Crippen LogP contribution in [0.1, 0.15) is 45.0 Å². The van der Waals surface area contributed by atoms with Crippen LogP contribution in [-0.2, 0) is 9.53 Å². The Bertz CT molecular complexity index is 894. The van der Waals surface area contributed by atoms with E-state index >= 15 is 0 Å². The number of nitrogens with zero attached hydrogens (tertiary/aromatic N) is 2. The summed E-state index contributed by atoms with van der Waals surface area (Å²) in [4.78, 5) is 12.1. The van der Waals surface area contributed by atoms with Crippen LogP contribution in [0.25, 0.3) is 0 Å². The normalized spacial score (nSPS) is 16.0. The summed E-state index contributed by atoms with van der Waals surface area (Å²) in [5.41, 5.74) is 1.23. The molecule has 1 amide bonds. The van der Waals surface area contributed by atoms with E-state index in [-0.39, 0.29) is 23.7 Å². The highest BCUT2D eigenvalue weighted by Crippen LogP contribution is 2.36. The highest BCUT2D eigenvalue weighted by Gasteiger charge is 2.34. The van der Waals surface area contributed by atoms with Crippen molar-refractivity contribution in [1.29, 1.82) is 0 Å². The molecule has 7 heteroatoms. The Morgan fingerprint density at radius 2 is 2.00 bits per heavy atom. The Morgan fingerprint density at radius 3 is 2.64 bits per heavy atom. The van der Waals surface area contributed by atoms with Crippen molar-refractivity contribution in [3.8, 4) is 17.2 Å². The molecule has 0 spiro atoms. The molecule has 0 aliphatic carbocycles. The summed E-state index contributed by atoms with van der Waals surface area (Å²) < 4.78 is 17.2. The van der Waals surface area contributed by atoms with Gasteiger partial charge in [-0.25, -0.2) is 0 Å².